The molecule has 0 atom stereocenters. The third kappa shape index (κ3) is 2.24. The van der Waals surface area contributed by atoms with E-state index in [2.05, 4.69) is 10.3 Å². The molecule has 0 unspecified atom stereocenters. The van der Waals surface area contributed by atoms with Crippen molar-refractivity contribution in [2.45, 2.75) is 6.92 Å². The molecular formula is C15H16N4O2. The Bertz CT molecular complexity index is 789. The fraction of sp³-hybridized carbons (Fsp3) is 0.200. The Morgan fingerprint density at radius 3 is 2.81 bits per heavy atom. The summed E-state index contributed by atoms with van der Waals surface area (Å²) in [5.74, 6) is 1.03. The monoisotopic (exact) mass is 284 g/mol. The molecular weight excluding hydrogens is 268 g/mol. The topological polar surface area (TPSA) is 79.1 Å². The van der Waals surface area contributed by atoms with Gasteiger partial charge < -0.3 is 15.0 Å². The van der Waals surface area contributed by atoms with Gasteiger partial charge in [-0.25, -0.2) is 0 Å². The van der Waals surface area contributed by atoms with Gasteiger partial charge >= 0.3 is 0 Å². The van der Waals surface area contributed by atoms with E-state index in [-0.39, 0.29) is 5.88 Å². The Balaban J connectivity index is 2.19. The summed E-state index contributed by atoms with van der Waals surface area (Å²) in [5, 5.41) is 8.43. The predicted molar refractivity (Wildman–Crippen MR) is 79.8 cm³/mol. The van der Waals surface area contributed by atoms with Crippen molar-refractivity contribution in [3.8, 4) is 28.1 Å². The zero-order valence-electron chi connectivity index (χ0n) is 12.1. The normalized spacial score (nSPS) is 10.8. The zero-order valence-corrected chi connectivity index (χ0v) is 12.1. The molecule has 6 heteroatoms. The van der Waals surface area contributed by atoms with Crippen LogP contribution in [0.2, 0.25) is 0 Å². The van der Waals surface area contributed by atoms with Gasteiger partial charge in [0.15, 0.2) is 0 Å². The number of nitrogen functional groups attached to an aromatic ring is 1. The highest BCUT2D eigenvalue weighted by Gasteiger charge is 2.20. The number of hydrogen-bond donors (Lipinski definition) is 1. The minimum atomic E-state index is 0.279. The first kappa shape index (κ1) is 13.2. The predicted octanol–water partition coefficient (Wildman–Crippen LogP) is 2.64. The Labute approximate surface area is 122 Å². The van der Waals surface area contributed by atoms with Crippen LogP contribution in [0.25, 0.3) is 22.4 Å². The summed E-state index contributed by atoms with van der Waals surface area (Å²) in [6.45, 7) is 1.93. The van der Waals surface area contributed by atoms with E-state index in [0.29, 0.717) is 5.69 Å². The number of anilines is 1. The molecule has 0 saturated carbocycles. The molecule has 108 valence electrons. The first-order valence-corrected chi connectivity index (χ1v) is 6.50. The summed E-state index contributed by atoms with van der Waals surface area (Å²) in [6.07, 6.45) is 1.90. The number of aromatic nitrogens is 3. The van der Waals surface area contributed by atoms with Gasteiger partial charge in [0.1, 0.15) is 11.4 Å². The average Bonchev–Trinajstić information content (AvgIpc) is 3.01. The van der Waals surface area contributed by atoms with E-state index in [1.165, 1.54) is 0 Å². The lowest BCUT2D eigenvalue weighted by molar-refractivity contribution is 0.415. The van der Waals surface area contributed by atoms with E-state index < -0.39 is 0 Å². The molecule has 0 aliphatic carbocycles. The van der Waals surface area contributed by atoms with E-state index in [4.69, 9.17) is 15.0 Å². The van der Waals surface area contributed by atoms with Crippen LogP contribution in [0.4, 0.5) is 5.88 Å². The molecule has 3 rings (SSSR count). The van der Waals surface area contributed by atoms with Crippen molar-refractivity contribution in [2.24, 2.45) is 7.05 Å². The molecule has 0 aliphatic heterocycles. The molecule has 6 nitrogen and oxygen atoms in total. The van der Waals surface area contributed by atoms with Crippen molar-refractivity contribution in [3.05, 3.63) is 36.2 Å². The number of aryl methyl sites for hydroxylation is 2. The van der Waals surface area contributed by atoms with Crippen LogP contribution in [-0.4, -0.2) is 22.0 Å². The molecule has 21 heavy (non-hydrogen) atoms. The van der Waals surface area contributed by atoms with Gasteiger partial charge in [-0.3, -0.25) is 4.68 Å². The lowest BCUT2D eigenvalue weighted by atomic mass is 10.0. The Kier molecular flexibility index (Phi) is 3.13. The van der Waals surface area contributed by atoms with Crippen molar-refractivity contribution in [1.29, 1.82) is 0 Å². The van der Waals surface area contributed by atoms with Crippen LogP contribution in [0.1, 0.15) is 5.69 Å². The number of nitrogens with zero attached hydrogens (tertiary/aromatic N) is 3. The Morgan fingerprint density at radius 2 is 2.14 bits per heavy atom. The van der Waals surface area contributed by atoms with Gasteiger partial charge in [-0.2, -0.15) is 5.10 Å². The van der Waals surface area contributed by atoms with Crippen LogP contribution in [0.3, 0.4) is 0 Å². The number of hydrogen-bond acceptors (Lipinski definition) is 5. The smallest absolute Gasteiger partial charge is 0.230 e. The molecule has 0 aliphatic rings. The van der Waals surface area contributed by atoms with Gasteiger partial charge in [0.05, 0.1) is 18.4 Å². The fourth-order valence-corrected chi connectivity index (χ4v) is 2.38. The molecule has 2 heterocycles. The van der Waals surface area contributed by atoms with Crippen molar-refractivity contribution in [2.75, 3.05) is 12.8 Å². The van der Waals surface area contributed by atoms with Gasteiger partial charge in [0, 0.05) is 18.8 Å². The van der Waals surface area contributed by atoms with Crippen LogP contribution < -0.4 is 10.5 Å². The van der Waals surface area contributed by atoms with E-state index in [9.17, 15) is 0 Å². The first-order valence-electron chi connectivity index (χ1n) is 6.50. The summed E-state index contributed by atoms with van der Waals surface area (Å²) in [5.41, 5.74) is 10.1. The second-order valence-electron chi connectivity index (χ2n) is 4.80. The number of rotatable bonds is 3. The molecule has 0 fully saturated rings. The van der Waals surface area contributed by atoms with Crippen LogP contribution in [-0.2, 0) is 7.05 Å². The molecule has 0 amide bonds. The Hall–Kier alpha value is -2.76. The van der Waals surface area contributed by atoms with E-state index in [1.807, 2.05) is 44.4 Å². The van der Waals surface area contributed by atoms with Gasteiger partial charge in [-0.05, 0) is 24.6 Å². The van der Waals surface area contributed by atoms with E-state index >= 15 is 0 Å². The summed E-state index contributed by atoms with van der Waals surface area (Å²) >= 11 is 0. The molecule has 1 aromatic carbocycles. The van der Waals surface area contributed by atoms with Gasteiger partial charge in [-0.1, -0.05) is 17.3 Å². The maximum atomic E-state index is 5.96. The number of nitrogens with two attached hydrogens (primary N) is 1. The lowest BCUT2D eigenvalue weighted by Gasteiger charge is -2.04. The summed E-state index contributed by atoms with van der Waals surface area (Å²) in [7, 11) is 3.49. The molecule has 0 radical (unpaired) electrons. The number of methoxy groups -OCH3 is 1. The molecule has 0 saturated heterocycles. The highest BCUT2D eigenvalue weighted by atomic mass is 16.5. The fourth-order valence-electron chi connectivity index (χ4n) is 2.38. The third-order valence-electron chi connectivity index (χ3n) is 3.35. The lowest BCUT2D eigenvalue weighted by Crippen LogP contribution is -1.89. The largest absolute Gasteiger partial charge is 0.497 e. The van der Waals surface area contributed by atoms with Crippen molar-refractivity contribution < 1.29 is 9.26 Å². The third-order valence-corrected chi connectivity index (χ3v) is 3.35. The van der Waals surface area contributed by atoms with Crippen LogP contribution >= 0.6 is 0 Å². The zero-order chi connectivity index (χ0) is 15.0. The maximum absolute atomic E-state index is 5.96. The van der Waals surface area contributed by atoms with Crippen molar-refractivity contribution in [1.82, 2.24) is 14.9 Å². The molecule has 0 spiro atoms. The van der Waals surface area contributed by atoms with Gasteiger partial charge in [0.25, 0.3) is 0 Å². The average molecular weight is 284 g/mol. The summed E-state index contributed by atoms with van der Waals surface area (Å²) < 4.78 is 12.2. The maximum Gasteiger partial charge on any atom is 0.230 e. The van der Waals surface area contributed by atoms with E-state index in [1.54, 1.807) is 11.8 Å². The molecule has 3 aromatic rings. The summed E-state index contributed by atoms with van der Waals surface area (Å²) in [6, 6.07) is 7.63. The highest BCUT2D eigenvalue weighted by Crippen LogP contribution is 2.38. The minimum Gasteiger partial charge on any atom is -0.497 e. The van der Waals surface area contributed by atoms with Gasteiger partial charge in [-0.15, -0.1) is 0 Å². The quantitative estimate of drug-likeness (QED) is 0.799. The van der Waals surface area contributed by atoms with Crippen LogP contribution in [0.15, 0.2) is 35.0 Å². The SMILES string of the molecule is COc1cccc(-c2c(-c3cn(C)nc3C)noc2N)c1. The van der Waals surface area contributed by atoms with Crippen molar-refractivity contribution >= 4 is 5.88 Å². The molecule has 2 aromatic heterocycles. The minimum absolute atomic E-state index is 0.279. The van der Waals surface area contributed by atoms with Crippen molar-refractivity contribution in [3.63, 3.8) is 0 Å². The van der Waals surface area contributed by atoms with Crippen LogP contribution in [0, 0.1) is 6.92 Å². The standard InChI is InChI=1S/C15H16N4O2/c1-9-12(8-19(2)17-9)14-13(15(16)21-18-14)10-5-4-6-11(7-10)20-3/h4-8H,16H2,1-3H3. The molecule has 2 N–H and O–H groups in total. The summed E-state index contributed by atoms with van der Waals surface area (Å²) in [4.78, 5) is 0. The second kappa shape index (κ2) is 4.97. The van der Waals surface area contributed by atoms with Crippen LogP contribution in [0.5, 0.6) is 5.75 Å². The Morgan fingerprint density at radius 1 is 1.33 bits per heavy atom. The van der Waals surface area contributed by atoms with Gasteiger partial charge in [0.2, 0.25) is 5.88 Å². The first-order chi connectivity index (χ1) is 10.1. The number of ether oxygens (including phenoxy) is 1. The second-order valence-corrected chi connectivity index (χ2v) is 4.80. The number of benzene rings is 1. The molecule has 0 bridgehead atoms. The highest BCUT2D eigenvalue weighted by molar-refractivity contribution is 5.87. The van der Waals surface area contributed by atoms with E-state index in [0.717, 1.165) is 28.1 Å².